The van der Waals surface area contributed by atoms with E-state index in [1.165, 1.54) is 18.2 Å². The summed E-state index contributed by atoms with van der Waals surface area (Å²) in [6.07, 6.45) is -4.32. The number of hydrogen-bond donors (Lipinski definition) is 0. The van der Waals surface area contributed by atoms with Crippen LogP contribution in [0, 0.1) is 0 Å². The molecule has 0 spiro atoms. The summed E-state index contributed by atoms with van der Waals surface area (Å²) in [5, 5.41) is 0. The van der Waals surface area contributed by atoms with E-state index in [-0.39, 0.29) is 31.1 Å². The van der Waals surface area contributed by atoms with E-state index in [1.807, 2.05) is 0 Å². The second kappa shape index (κ2) is 4.38. The predicted octanol–water partition coefficient (Wildman–Crippen LogP) is 2.61. The SMILES string of the molecule is FC(F)(F)c1ccccc1[S-].[Zr]. The fraction of sp³-hybridized carbons (Fsp3) is 0.143. The first kappa shape index (κ1) is 12.1. The Labute approximate surface area is 92.7 Å². The molecule has 5 heteroatoms. The first-order valence-electron chi connectivity index (χ1n) is 2.85. The number of hydrogen-bond acceptors (Lipinski definition) is 1. The molecule has 0 aliphatic heterocycles. The van der Waals surface area contributed by atoms with Crippen molar-refractivity contribution in [1.29, 1.82) is 0 Å². The summed E-state index contributed by atoms with van der Waals surface area (Å²) in [6, 6.07) is 5.04. The molecule has 0 saturated heterocycles. The molecule has 0 heterocycles. The van der Waals surface area contributed by atoms with Gasteiger partial charge in [0.2, 0.25) is 0 Å². The van der Waals surface area contributed by atoms with Gasteiger partial charge in [0.15, 0.2) is 0 Å². The van der Waals surface area contributed by atoms with Gasteiger partial charge in [-0.05, 0) is 0 Å². The zero-order valence-corrected chi connectivity index (χ0v) is 9.13. The van der Waals surface area contributed by atoms with E-state index in [4.69, 9.17) is 0 Å². The second-order valence-corrected chi connectivity index (χ2v) is 2.43. The molecule has 0 unspecified atom stereocenters. The van der Waals surface area contributed by atoms with Crippen molar-refractivity contribution in [2.75, 3.05) is 0 Å². The number of alkyl halides is 3. The van der Waals surface area contributed by atoms with Gasteiger partial charge >= 0.3 is 6.18 Å². The molecule has 0 aromatic heterocycles. The van der Waals surface area contributed by atoms with Gasteiger partial charge in [-0.1, -0.05) is 24.3 Å². The third kappa shape index (κ3) is 2.87. The Balaban J connectivity index is 0.00000121. The van der Waals surface area contributed by atoms with Crippen LogP contribution < -0.4 is 0 Å². The molecule has 0 aliphatic rings. The van der Waals surface area contributed by atoms with E-state index in [0.29, 0.717) is 0 Å². The number of benzene rings is 1. The molecule has 0 amide bonds. The molecule has 1 aromatic carbocycles. The van der Waals surface area contributed by atoms with Crippen molar-refractivity contribution in [2.24, 2.45) is 0 Å². The monoisotopic (exact) mass is 267 g/mol. The summed E-state index contributed by atoms with van der Waals surface area (Å²) in [5.74, 6) is 0. The smallest absolute Gasteiger partial charge is 0.414 e. The van der Waals surface area contributed by atoms with Crippen LogP contribution in [0.25, 0.3) is 0 Å². The Morgan fingerprint density at radius 3 is 1.92 bits per heavy atom. The van der Waals surface area contributed by atoms with Crippen LogP contribution in [-0.2, 0) is 45.0 Å². The molecule has 0 saturated carbocycles. The van der Waals surface area contributed by atoms with Crippen LogP contribution in [-0.4, -0.2) is 0 Å². The normalized spacial score (nSPS) is 10.6. The Hall–Kier alpha value is 0.113. The van der Waals surface area contributed by atoms with E-state index in [2.05, 4.69) is 12.6 Å². The molecular formula is C7H4F3SZr-. The third-order valence-corrected chi connectivity index (χ3v) is 1.55. The molecule has 0 N–H and O–H groups in total. The standard InChI is InChI=1S/C7H5F3S.Zr/c8-7(9,10)5-3-1-2-4-6(5)11;/h1-4,11H;/p-1. The average molecular weight is 268 g/mol. The van der Waals surface area contributed by atoms with Crippen LogP contribution in [0.5, 0.6) is 0 Å². The minimum Gasteiger partial charge on any atom is -0.779 e. The molecule has 0 radical (unpaired) electrons. The van der Waals surface area contributed by atoms with Crippen LogP contribution in [0.15, 0.2) is 29.2 Å². The molecule has 64 valence electrons. The van der Waals surface area contributed by atoms with E-state index in [0.717, 1.165) is 6.07 Å². The van der Waals surface area contributed by atoms with Gasteiger partial charge in [0.05, 0.1) is 0 Å². The Morgan fingerprint density at radius 2 is 1.58 bits per heavy atom. The molecular weight excluding hydrogens is 264 g/mol. The number of halogens is 3. The summed E-state index contributed by atoms with van der Waals surface area (Å²) in [7, 11) is 0. The molecule has 0 fully saturated rings. The van der Waals surface area contributed by atoms with Crippen molar-refractivity contribution >= 4 is 12.6 Å². The Morgan fingerprint density at radius 1 is 1.08 bits per heavy atom. The van der Waals surface area contributed by atoms with Crippen molar-refractivity contribution in [3.63, 3.8) is 0 Å². The minimum absolute atomic E-state index is 0. The number of rotatable bonds is 0. The van der Waals surface area contributed by atoms with Crippen LogP contribution in [0.4, 0.5) is 13.2 Å². The van der Waals surface area contributed by atoms with Gasteiger partial charge in [-0.15, -0.1) is 0 Å². The summed E-state index contributed by atoms with van der Waals surface area (Å²) in [6.45, 7) is 0. The van der Waals surface area contributed by atoms with Gasteiger partial charge in [0.25, 0.3) is 0 Å². The van der Waals surface area contributed by atoms with Crippen molar-refractivity contribution in [3.8, 4) is 0 Å². The molecule has 1 rings (SSSR count). The van der Waals surface area contributed by atoms with E-state index in [1.54, 1.807) is 0 Å². The predicted molar refractivity (Wildman–Crippen MR) is 37.1 cm³/mol. The van der Waals surface area contributed by atoms with Crippen molar-refractivity contribution in [2.45, 2.75) is 11.1 Å². The van der Waals surface area contributed by atoms with Crippen molar-refractivity contribution < 1.29 is 39.4 Å². The van der Waals surface area contributed by atoms with Crippen LogP contribution in [0.1, 0.15) is 5.56 Å². The van der Waals surface area contributed by atoms with Gasteiger partial charge < -0.3 is 12.6 Å². The van der Waals surface area contributed by atoms with Gasteiger partial charge in [-0.2, -0.15) is 18.1 Å². The Kier molecular flexibility index (Phi) is 4.42. The Bertz CT molecular complexity index is 259. The van der Waals surface area contributed by atoms with E-state index < -0.39 is 11.7 Å². The van der Waals surface area contributed by atoms with Crippen LogP contribution in [0.3, 0.4) is 0 Å². The maximum absolute atomic E-state index is 12.0. The van der Waals surface area contributed by atoms with Crippen LogP contribution in [0.2, 0.25) is 0 Å². The zero-order valence-electron chi connectivity index (χ0n) is 5.85. The molecule has 0 atom stereocenters. The molecule has 1 aromatic rings. The largest absolute Gasteiger partial charge is 0.779 e. The fourth-order valence-corrected chi connectivity index (χ4v) is 0.963. The van der Waals surface area contributed by atoms with Gasteiger partial charge in [-0.3, -0.25) is 0 Å². The summed E-state index contributed by atoms with van der Waals surface area (Å²) in [4.78, 5) is -0.153. The van der Waals surface area contributed by atoms with Crippen molar-refractivity contribution in [3.05, 3.63) is 29.8 Å². The summed E-state index contributed by atoms with van der Waals surface area (Å²) < 4.78 is 35.9. The first-order chi connectivity index (χ1) is 5.02. The maximum atomic E-state index is 12.0. The summed E-state index contributed by atoms with van der Waals surface area (Å²) in [5.41, 5.74) is -0.741. The van der Waals surface area contributed by atoms with Gasteiger partial charge in [0, 0.05) is 31.8 Å². The van der Waals surface area contributed by atoms with E-state index in [9.17, 15) is 13.2 Å². The van der Waals surface area contributed by atoms with E-state index >= 15 is 0 Å². The van der Waals surface area contributed by atoms with Crippen LogP contribution >= 0.6 is 0 Å². The van der Waals surface area contributed by atoms with Crippen molar-refractivity contribution in [1.82, 2.24) is 0 Å². The zero-order chi connectivity index (χ0) is 8.48. The minimum atomic E-state index is -4.32. The molecule has 0 nitrogen and oxygen atoms in total. The third-order valence-electron chi connectivity index (χ3n) is 1.19. The quantitative estimate of drug-likeness (QED) is 0.652. The average Bonchev–Trinajstić information content (AvgIpc) is 1.86. The van der Waals surface area contributed by atoms with Gasteiger partial charge in [0.1, 0.15) is 0 Å². The second-order valence-electron chi connectivity index (χ2n) is 1.99. The molecule has 0 bridgehead atoms. The molecule has 0 aliphatic carbocycles. The van der Waals surface area contributed by atoms with Gasteiger partial charge in [-0.25, -0.2) is 0 Å². The fourth-order valence-electron chi connectivity index (χ4n) is 0.701. The molecule has 12 heavy (non-hydrogen) atoms. The first-order valence-corrected chi connectivity index (χ1v) is 3.26. The maximum Gasteiger partial charge on any atom is 0.414 e. The summed E-state index contributed by atoms with van der Waals surface area (Å²) >= 11 is 4.48. The topological polar surface area (TPSA) is 0 Å².